The molecule has 4 unspecified atom stereocenters. The van der Waals surface area contributed by atoms with Gasteiger partial charge in [-0.25, -0.2) is 0 Å². The average Bonchev–Trinajstić information content (AvgIpc) is 3.02. The van der Waals surface area contributed by atoms with Crippen LogP contribution in [0.15, 0.2) is 22.8 Å². The molecule has 0 aliphatic heterocycles. The zero-order chi connectivity index (χ0) is 23.5. The lowest BCUT2D eigenvalue weighted by molar-refractivity contribution is -0.139. The van der Waals surface area contributed by atoms with E-state index in [4.69, 9.17) is 5.73 Å². The number of hydrogen-bond acceptors (Lipinski definition) is 3. The van der Waals surface area contributed by atoms with Crippen molar-refractivity contribution in [1.82, 2.24) is 0 Å². The van der Waals surface area contributed by atoms with Crippen LogP contribution in [0.25, 0.3) is 0 Å². The highest BCUT2D eigenvalue weighted by Crippen LogP contribution is 2.68. The third-order valence-electron chi connectivity index (χ3n) is 11.0. The van der Waals surface area contributed by atoms with Gasteiger partial charge in [0.15, 0.2) is 0 Å². The molecule has 4 rings (SSSR count). The molecule has 6 atom stereocenters. The number of hydrogen-bond donors (Lipinski definition) is 1. The molecule has 4 aliphatic carbocycles. The second kappa shape index (κ2) is 7.93. The summed E-state index contributed by atoms with van der Waals surface area (Å²) in [5, 5.41) is 0. The van der Waals surface area contributed by atoms with Crippen LogP contribution in [0.3, 0.4) is 0 Å². The van der Waals surface area contributed by atoms with Crippen LogP contribution >= 0.6 is 0 Å². The molecule has 0 spiro atoms. The van der Waals surface area contributed by atoms with E-state index >= 15 is 0 Å². The van der Waals surface area contributed by atoms with Gasteiger partial charge in [0.1, 0.15) is 12.1 Å². The summed E-state index contributed by atoms with van der Waals surface area (Å²) >= 11 is 0. The van der Waals surface area contributed by atoms with Crippen molar-refractivity contribution in [1.29, 1.82) is 0 Å². The lowest BCUT2D eigenvalue weighted by atomic mass is 9.44. The van der Waals surface area contributed by atoms with Crippen LogP contribution in [0.5, 0.6) is 0 Å². The fourth-order valence-electron chi connectivity index (χ4n) is 8.91. The van der Waals surface area contributed by atoms with Crippen molar-refractivity contribution >= 4 is 12.1 Å². The molecular weight excluding hydrogens is 394 g/mol. The highest BCUT2D eigenvalue weighted by atomic mass is 16.1. The Bertz CT molecular complexity index is 866. The largest absolute Gasteiger partial charge is 0.324 e. The molecule has 3 nitrogen and oxygen atoms in total. The molecule has 3 heteroatoms. The number of allylic oxidation sites excluding steroid dienone is 3. The van der Waals surface area contributed by atoms with E-state index in [1.807, 2.05) is 6.92 Å². The van der Waals surface area contributed by atoms with Gasteiger partial charge in [-0.05, 0) is 93.5 Å². The van der Waals surface area contributed by atoms with E-state index in [-0.39, 0.29) is 21.8 Å². The lowest BCUT2D eigenvalue weighted by Gasteiger charge is -2.60. The molecule has 2 saturated carbocycles. The van der Waals surface area contributed by atoms with Crippen molar-refractivity contribution in [2.75, 3.05) is 0 Å². The normalized spacial score (nSPS) is 42.2. The summed E-state index contributed by atoms with van der Waals surface area (Å²) in [7, 11) is 0. The van der Waals surface area contributed by atoms with Crippen LogP contribution in [0.4, 0.5) is 0 Å². The Morgan fingerprint density at radius 1 is 1.06 bits per heavy atom. The van der Waals surface area contributed by atoms with Crippen molar-refractivity contribution < 1.29 is 9.59 Å². The molecular formula is C29H45NO2. The topological polar surface area (TPSA) is 60.2 Å². The van der Waals surface area contributed by atoms with E-state index < -0.39 is 0 Å². The highest BCUT2D eigenvalue weighted by Gasteiger charge is 2.63. The van der Waals surface area contributed by atoms with Crippen LogP contribution in [0, 0.1) is 34.0 Å². The first kappa shape index (κ1) is 23.9. The number of aldehydes is 1. The average molecular weight is 440 g/mol. The SMILES string of the molecule is C/C(C=O)=C/CCC(C)[C@@H]1CCC2(C)C3=C(CC[C@@]12N)C1(C)CCC(=O)C(C)(C)C1CC3. The standard InChI is InChI=1S/C29H45NO2/c1-19(18-31)8-7-9-20(2)21-12-16-28(6)23-10-11-24-26(3,4)25(32)14-15-27(24,5)22(23)13-17-29(21,28)30/h8,18,20-21,24H,7,9-17,30H2,1-6H3/b19-8-/t20?,21-,24?,27?,28?,29+/m0/s1. The van der Waals surface area contributed by atoms with E-state index in [9.17, 15) is 9.59 Å². The number of ketones is 1. The smallest absolute Gasteiger partial charge is 0.145 e. The zero-order valence-electron chi connectivity index (χ0n) is 21.4. The Kier molecular flexibility index (Phi) is 5.93. The Labute approximate surface area is 195 Å². The quantitative estimate of drug-likeness (QED) is 0.300. The monoisotopic (exact) mass is 439 g/mol. The van der Waals surface area contributed by atoms with Gasteiger partial charge in [-0.1, -0.05) is 51.8 Å². The number of fused-ring (bicyclic) bond motifs is 4. The minimum Gasteiger partial charge on any atom is -0.324 e. The van der Waals surface area contributed by atoms with E-state index in [2.05, 4.69) is 40.7 Å². The van der Waals surface area contributed by atoms with Gasteiger partial charge >= 0.3 is 0 Å². The lowest BCUT2D eigenvalue weighted by Crippen LogP contribution is -2.61. The number of carbonyl (C=O) groups is 2. The van der Waals surface area contributed by atoms with Crippen LogP contribution in [0.1, 0.15) is 106 Å². The fourth-order valence-corrected chi connectivity index (χ4v) is 8.91. The molecule has 2 N–H and O–H groups in total. The van der Waals surface area contributed by atoms with Crippen LogP contribution in [-0.4, -0.2) is 17.6 Å². The summed E-state index contributed by atoms with van der Waals surface area (Å²) in [6.07, 6.45) is 13.7. The molecule has 0 aromatic heterocycles. The summed E-state index contributed by atoms with van der Waals surface area (Å²) in [6, 6.07) is 0. The third kappa shape index (κ3) is 3.24. The molecule has 0 radical (unpaired) electrons. The number of Topliss-reactive ketones (excluding diaryl/α,β-unsaturated/α-hetero) is 1. The molecule has 0 amide bonds. The summed E-state index contributed by atoms with van der Waals surface area (Å²) in [6.45, 7) is 13.6. The van der Waals surface area contributed by atoms with Gasteiger partial charge in [0, 0.05) is 22.8 Å². The molecule has 2 fully saturated rings. The van der Waals surface area contributed by atoms with Gasteiger partial charge in [-0.2, -0.15) is 0 Å². The second-order valence-electron chi connectivity index (χ2n) is 12.7. The van der Waals surface area contributed by atoms with E-state index in [0.29, 0.717) is 23.5 Å². The Hall–Kier alpha value is -1.22. The van der Waals surface area contributed by atoms with Crippen LogP contribution in [0.2, 0.25) is 0 Å². The molecule has 0 aromatic carbocycles. The fraction of sp³-hybridized carbons (Fsp3) is 0.793. The van der Waals surface area contributed by atoms with Crippen molar-refractivity contribution in [2.45, 2.75) is 111 Å². The molecule has 178 valence electrons. The molecule has 0 bridgehead atoms. The summed E-state index contributed by atoms with van der Waals surface area (Å²) in [5.74, 6) is 2.04. The predicted molar refractivity (Wildman–Crippen MR) is 131 cm³/mol. The summed E-state index contributed by atoms with van der Waals surface area (Å²) in [5.41, 5.74) is 11.6. The zero-order valence-corrected chi connectivity index (χ0v) is 21.4. The Balaban J connectivity index is 1.63. The predicted octanol–water partition coefficient (Wildman–Crippen LogP) is 6.56. The second-order valence-corrected chi connectivity index (χ2v) is 12.7. The summed E-state index contributed by atoms with van der Waals surface area (Å²) in [4.78, 5) is 23.7. The first-order chi connectivity index (χ1) is 14.9. The molecule has 0 heterocycles. The number of rotatable bonds is 5. The van der Waals surface area contributed by atoms with E-state index in [1.54, 1.807) is 11.1 Å². The third-order valence-corrected chi connectivity index (χ3v) is 11.0. The Morgan fingerprint density at radius 2 is 1.78 bits per heavy atom. The van der Waals surface area contributed by atoms with Gasteiger partial charge in [-0.15, -0.1) is 0 Å². The minimum atomic E-state index is -0.205. The molecule has 0 aromatic rings. The van der Waals surface area contributed by atoms with Gasteiger partial charge in [0.2, 0.25) is 0 Å². The van der Waals surface area contributed by atoms with E-state index in [0.717, 1.165) is 63.2 Å². The van der Waals surface area contributed by atoms with Crippen LogP contribution < -0.4 is 5.73 Å². The van der Waals surface area contributed by atoms with Gasteiger partial charge in [0.25, 0.3) is 0 Å². The van der Waals surface area contributed by atoms with Gasteiger partial charge in [0.05, 0.1) is 0 Å². The van der Waals surface area contributed by atoms with E-state index in [1.165, 1.54) is 12.8 Å². The van der Waals surface area contributed by atoms with Gasteiger partial charge in [-0.3, -0.25) is 9.59 Å². The van der Waals surface area contributed by atoms with Gasteiger partial charge < -0.3 is 5.73 Å². The number of carbonyl (C=O) groups excluding carboxylic acids is 2. The maximum atomic E-state index is 12.8. The maximum absolute atomic E-state index is 12.8. The van der Waals surface area contributed by atoms with Crippen molar-refractivity contribution in [3.63, 3.8) is 0 Å². The van der Waals surface area contributed by atoms with Crippen molar-refractivity contribution in [2.24, 2.45) is 39.7 Å². The first-order valence-corrected chi connectivity index (χ1v) is 13.1. The Morgan fingerprint density at radius 3 is 2.47 bits per heavy atom. The highest BCUT2D eigenvalue weighted by molar-refractivity contribution is 5.85. The van der Waals surface area contributed by atoms with Crippen molar-refractivity contribution in [3.8, 4) is 0 Å². The summed E-state index contributed by atoms with van der Waals surface area (Å²) < 4.78 is 0. The molecule has 32 heavy (non-hydrogen) atoms. The molecule has 4 aliphatic rings. The van der Waals surface area contributed by atoms with Crippen LogP contribution in [-0.2, 0) is 9.59 Å². The maximum Gasteiger partial charge on any atom is 0.145 e. The number of nitrogens with two attached hydrogens (primary N) is 1. The van der Waals surface area contributed by atoms with Crippen molar-refractivity contribution in [3.05, 3.63) is 22.8 Å². The first-order valence-electron chi connectivity index (χ1n) is 13.1. The minimum absolute atomic E-state index is 0.0909. The molecule has 0 saturated heterocycles.